The summed E-state index contributed by atoms with van der Waals surface area (Å²) in [6.45, 7) is 1.66. The van der Waals surface area contributed by atoms with Crippen LogP contribution in [-0.2, 0) is 17.8 Å². The number of hydrogen-bond donors (Lipinski definition) is 1. The van der Waals surface area contributed by atoms with Crippen LogP contribution >= 0.6 is 22.9 Å². The van der Waals surface area contributed by atoms with Crippen LogP contribution in [-0.4, -0.2) is 15.5 Å². The Balaban J connectivity index is 1.76. The Bertz CT molecular complexity index is 1260. The normalized spacial score (nSPS) is 11.2. The Morgan fingerprint density at radius 1 is 1.25 bits per heavy atom. The van der Waals surface area contributed by atoms with Crippen molar-refractivity contribution in [3.63, 3.8) is 0 Å². The first-order valence-corrected chi connectivity index (χ1v) is 9.83. The van der Waals surface area contributed by atoms with E-state index in [9.17, 15) is 14.0 Å². The monoisotopic (exact) mass is 415 g/mol. The number of amides is 1. The van der Waals surface area contributed by atoms with E-state index in [4.69, 9.17) is 11.6 Å². The molecule has 8 heteroatoms. The van der Waals surface area contributed by atoms with E-state index in [1.165, 1.54) is 22.0 Å². The summed E-state index contributed by atoms with van der Waals surface area (Å²) in [4.78, 5) is 30.0. The van der Waals surface area contributed by atoms with Crippen LogP contribution in [0.3, 0.4) is 0 Å². The van der Waals surface area contributed by atoms with Gasteiger partial charge < -0.3 is 5.32 Å². The molecule has 142 valence electrons. The smallest absolute Gasteiger partial charge is 0.272 e. The summed E-state index contributed by atoms with van der Waals surface area (Å²) in [6, 6.07) is 11.4. The number of nitrogens with zero attached hydrogens (tertiary/aromatic N) is 2. The number of anilines is 1. The SMILES string of the molecule is CCc1nc2c(sc3cccc(F)c32)c(=O)n1CC(=O)Nc1ccc(Cl)cc1. The van der Waals surface area contributed by atoms with Gasteiger partial charge in [0.2, 0.25) is 5.91 Å². The number of carbonyl (C=O) groups excluding carboxylic acids is 1. The molecule has 4 rings (SSSR count). The second kappa shape index (κ2) is 7.33. The highest BCUT2D eigenvalue weighted by molar-refractivity contribution is 7.25. The molecule has 2 aromatic heterocycles. The van der Waals surface area contributed by atoms with E-state index < -0.39 is 5.82 Å². The van der Waals surface area contributed by atoms with Crippen molar-refractivity contribution < 1.29 is 9.18 Å². The fourth-order valence-corrected chi connectivity index (χ4v) is 4.31. The Labute approximate surface area is 168 Å². The number of carbonyl (C=O) groups is 1. The van der Waals surface area contributed by atoms with Crippen LogP contribution in [0, 0.1) is 5.82 Å². The van der Waals surface area contributed by atoms with Crippen LogP contribution in [0.5, 0.6) is 0 Å². The van der Waals surface area contributed by atoms with Crippen molar-refractivity contribution in [2.45, 2.75) is 19.9 Å². The van der Waals surface area contributed by atoms with E-state index in [0.29, 0.717) is 43.3 Å². The van der Waals surface area contributed by atoms with Crippen molar-refractivity contribution in [3.05, 3.63) is 69.5 Å². The van der Waals surface area contributed by atoms with Gasteiger partial charge in [-0.15, -0.1) is 11.3 Å². The summed E-state index contributed by atoms with van der Waals surface area (Å²) >= 11 is 7.03. The van der Waals surface area contributed by atoms with Gasteiger partial charge >= 0.3 is 0 Å². The number of halogens is 2. The van der Waals surface area contributed by atoms with Crippen LogP contribution in [0.25, 0.3) is 20.3 Å². The van der Waals surface area contributed by atoms with Crippen molar-refractivity contribution in [3.8, 4) is 0 Å². The third kappa shape index (κ3) is 3.27. The molecule has 0 unspecified atom stereocenters. The number of aryl methyl sites for hydroxylation is 1. The molecule has 0 aliphatic carbocycles. The molecule has 1 N–H and O–H groups in total. The molecule has 0 aliphatic rings. The predicted molar refractivity (Wildman–Crippen MR) is 111 cm³/mol. The Morgan fingerprint density at radius 2 is 2.00 bits per heavy atom. The van der Waals surface area contributed by atoms with E-state index in [0.717, 1.165) is 0 Å². The zero-order valence-corrected chi connectivity index (χ0v) is 16.4. The molecule has 0 saturated heterocycles. The van der Waals surface area contributed by atoms with Crippen LogP contribution in [0.1, 0.15) is 12.7 Å². The molecular formula is C20H15ClFN3O2S. The lowest BCUT2D eigenvalue weighted by atomic mass is 10.2. The van der Waals surface area contributed by atoms with Crippen LogP contribution in [0.15, 0.2) is 47.3 Å². The summed E-state index contributed by atoms with van der Waals surface area (Å²) in [5, 5.41) is 3.66. The van der Waals surface area contributed by atoms with Gasteiger partial charge in [0.25, 0.3) is 5.56 Å². The second-order valence-electron chi connectivity index (χ2n) is 6.22. The van der Waals surface area contributed by atoms with E-state index >= 15 is 0 Å². The summed E-state index contributed by atoms with van der Waals surface area (Å²) in [7, 11) is 0. The maximum atomic E-state index is 14.3. The van der Waals surface area contributed by atoms with Crippen molar-refractivity contribution in [1.29, 1.82) is 0 Å². The van der Waals surface area contributed by atoms with Gasteiger partial charge in [0.1, 0.15) is 22.9 Å². The highest BCUT2D eigenvalue weighted by Crippen LogP contribution is 2.32. The third-order valence-corrected chi connectivity index (χ3v) is 5.76. The van der Waals surface area contributed by atoms with Gasteiger partial charge in [0, 0.05) is 21.8 Å². The van der Waals surface area contributed by atoms with E-state index in [-0.39, 0.29) is 18.0 Å². The van der Waals surface area contributed by atoms with E-state index in [1.807, 2.05) is 6.92 Å². The molecule has 5 nitrogen and oxygen atoms in total. The molecule has 0 saturated carbocycles. The van der Waals surface area contributed by atoms with Crippen LogP contribution < -0.4 is 10.9 Å². The molecule has 2 aromatic carbocycles. The van der Waals surface area contributed by atoms with Crippen LogP contribution in [0.4, 0.5) is 10.1 Å². The molecule has 1 amide bonds. The molecule has 4 aromatic rings. The lowest BCUT2D eigenvalue weighted by Crippen LogP contribution is -2.30. The van der Waals surface area contributed by atoms with Crippen molar-refractivity contribution >= 4 is 54.8 Å². The molecule has 0 radical (unpaired) electrons. The van der Waals surface area contributed by atoms with E-state index in [1.54, 1.807) is 36.4 Å². The summed E-state index contributed by atoms with van der Waals surface area (Å²) in [5.74, 6) is -0.324. The molecule has 0 atom stereocenters. The second-order valence-corrected chi connectivity index (χ2v) is 7.71. The standard InChI is InChI=1S/C20H15ClFN3O2S/c1-2-15-24-18-17-13(22)4-3-5-14(17)28-19(18)20(27)25(15)10-16(26)23-12-8-6-11(21)7-9-12/h3-9H,2,10H2,1H3,(H,23,26). The van der Waals surface area contributed by atoms with E-state index in [2.05, 4.69) is 10.3 Å². The Hall–Kier alpha value is -2.77. The molecule has 0 bridgehead atoms. The quantitative estimate of drug-likeness (QED) is 0.529. The number of aromatic nitrogens is 2. The van der Waals surface area contributed by atoms with Crippen molar-refractivity contribution in [2.24, 2.45) is 0 Å². The first kappa shape index (κ1) is 18.6. The fourth-order valence-electron chi connectivity index (χ4n) is 3.08. The third-order valence-electron chi connectivity index (χ3n) is 4.38. The minimum absolute atomic E-state index is 0.176. The van der Waals surface area contributed by atoms with Gasteiger partial charge in [-0.25, -0.2) is 9.37 Å². The maximum Gasteiger partial charge on any atom is 0.272 e. The highest BCUT2D eigenvalue weighted by atomic mass is 35.5. The molecule has 0 fully saturated rings. The first-order chi connectivity index (χ1) is 13.5. The summed E-state index contributed by atoms with van der Waals surface area (Å²) in [6.07, 6.45) is 0.436. The zero-order chi connectivity index (χ0) is 19.8. The largest absolute Gasteiger partial charge is 0.325 e. The van der Waals surface area contributed by atoms with Gasteiger partial charge in [-0.05, 0) is 36.4 Å². The lowest BCUT2D eigenvalue weighted by Gasteiger charge is -2.11. The average molecular weight is 416 g/mol. The molecular weight excluding hydrogens is 401 g/mol. The number of rotatable bonds is 4. The minimum Gasteiger partial charge on any atom is -0.325 e. The summed E-state index contributed by atoms with van der Waals surface area (Å²) < 4.78 is 16.6. The lowest BCUT2D eigenvalue weighted by molar-refractivity contribution is -0.116. The van der Waals surface area contributed by atoms with Crippen molar-refractivity contribution in [2.75, 3.05) is 5.32 Å². The number of benzene rings is 2. The highest BCUT2D eigenvalue weighted by Gasteiger charge is 2.18. The minimum atomic E-state index is -0.407. The molecule has 0 spiro atoms. The van der Waals surface area contributed by atoms with Crippen molar-refractivity contribution in [1.82, 2.24) is 9.55 Å². The van der Waals surface area contributed by atoms with Gasteiger partial charge in [-0.3, -0.25) is 14.2 Å². The van der Waals surface area contributed by atoms with Gasteiger partial charge in [-0.2, -0.15) is 0 Å². The van der Waals surface area contributed by atoms with Gasteiger partial charge in [-0.1, -0.05) is 24.6 Å². The number of hydrogen-bond acceptors (Lipinski definition) is 4. The first-order valence-electron chi connectivity index (χ1n) is 8.63. The van der Waals surface area contributed by atoms with Crippen LogP contribution in [0.2, 0.25) is 5.02 Å². The zero-order valence-electron chi connectivity index (χ0n) is 14.8. The fraction of sp³-hybridized carbons (Fsp3) is 0.150. The summed E-state index contributed by atoms with van der Waals surface area (Å²) in [5.41, 5.74) is 0.599. The topological polar surface area (TPSA) is 64.0 Å². The number of thiophene rings is 1. The predicted octanol–water partition coefficient (Wildman–Crippen LogP) is 4.60. The molecule has 0 aliphatic heterocycles. The Kier molecular flexibility index (Phi) is 4.87. The molecule has 2 heterocycles. The average Bonchev–Trinajstić information content (AvgIpc) is 3.06. The Morgan fingerprint density at radius 3 is 2.71 bits per heavy atom. The van der Waals surface area contributed by atoms with Gasteiger partial charge in [0.15, 0.2) is 0 Å². The maximum absolute atomic E-state index is 14.3. The number of nitrogens with one attached hydrogen (secondary N) is 1. The van der Waals surface area contributed by atoms with Gasteiger partial charge in [0.05, 0.1) is 10.9 Å². The number of fused-ring (bicyclic) bond motifs is 3. The molecule has 28 heavy (non-hydrogen) atoms.